The highest BCUT2D eigenvalue weighted by Gasteiger charge is 2.73. The second kappa shape index (κ2) is 9.86. The van der Waals surface area contributed by atoms with Gasteiger partial charge in [0.1, 0.15) is 11.5 Å². The lowest BCUT2D eigenvalue weighted by Gasteiger charge is -2.34. The van der Waals surface area contributed by atoms with Crippen LogP contribution < -0.4 is 15.2 Å². The number of rotatable bonds is 5. The van der Waals surface area contributed by atoms with Crippen LogP contribution in [-0.4, -0.2) is 27.2 Å². The van der Waals surface area contributed by atoms with E-state index in [2.05, 4.69) is 0 Å². The van der Waals surface area contributed by atoms with Crippen LogP contribution in [0.1, 0.15) is 32.3 Å². The highest BCUT2D eigenvalue weighted by Crippen LogP contribution is 2.58. The molecule has 43 heavy (non-hydrogen) atoms. The number of ketones is 1. The first-order valence-corrected chi connectivity index (χ1v) is 13.7. The van der Waals surface area contributed by atoms with Crippen molar-refractivity contribution < 1.29 is 27.5 Å². The molecule has 3 aromatic carbocycles. The molecule has 2 aliphatic rings. The third kappa shape index (κ3) is 4.40. The van der Waals surface area contributed by atoms with Crippen molar-refractivity contribution in [3.8, 4) is 17.2 Å². The molecule has 1 unspecified atom stereocenters. The highest BCUT2D eigenvalue weighted by molar-refractivity contribution is 6.19. The standard InChI is InChI=1S/C33H28F3N3O4/c1-31(2)18-26-28(27(40)19-31)32(33(34,35)36,30(42)38(26)21-10-6-4-7-11-21)25-20-37(3)39(29(25)41)22-14-16-24(17-15-22)43-23-12-8-5-9-13-23/h4-17,20H,18-19H2,1-3H3. The zero-order valence-corrected chi connectivity index (χ0v) is 23.7. The maximum Gasteiger partial charge on any atom is 0.411 e. The largest absolute Gasteiger partial charge is 0.457 e. The van der Waals surface area contributed by atoms with Crippen molar-refractivity contribution >= 4 is 17.4 Å². The minimum Gasteiger partial charge on any atom is -0.457 e. The van der Waals surface area contributed by atoms with Crippen molar-refractivity contribution in [3.05, 3.63) is 118 Å². The molecule has 1 aromatic heterocycles. The van der Waals surface area contributed by atoms with E-state index in [1.807, 2.05) is 18.2 Å². The van der Waals surface area contributed by atoms with Gasteiger partial charge in [0.05, 0.1) is 11.3 Å². The minimum absolute atomic E-state index is 0.0213. The first-order chi connectivity index (χ1) is 20.3. The molecule has 0 bridgehead atoms. The van der Waals surface area contributed by atoms with Gasteiger partial charge in [-0.05, 0) is 60.4 Å². The molecule has 0 N–H and O–H groups in total. The van der Waals surface area contributed by atoms with E-state index in [1.54, 1.807) is 56.3 Å². The van der Waals surface area contributed by atoms with E-state index in [9.17, 15) is 14.4 Å². The Kier molecular flexibility index (Phi) is 6.48. The molecule has 4 aromatic rings. The van der Waals surface area contributed by atoms with Crippen LogP contribution in [0.3, 0.4) is 0 Å². The van der Waals surface area contributed by atoms with Gasteiger partial charge in [-0.2, -0.15) is 13.2 Å². The first-order valence-electron chi connectivity index (χ1n) is 13.7. The lowest BCUT2D eigenvalue weighted by molar-refractivity contribution is -0.184. The number of amides is 1. The summed E-state index contributed by atoms with van der Waals surface area (Å²) in [4.78, 5) is 42.9. The number of carbonyl (C=O) groups excluding carboxylic acids is 2. The number of benzene rings is 3. The molecule has 2 heterocycles. The van der Waals surface area contributed by atoms with Crippen LogP contribution in [-0.2, 0) is 22.1 Å². The maximum absolute atomic E-state index is 15.6. The Morgan fingerprint density at radius 2 is 1.35 bits per heavy atom. The highest BCUT2D eigenvalue weighted by atomic mass is 19.4. The van der Waals surface area contributed by atoms with Crippen LogP contribution in [0.15, 0.2) is 107 Å². The van der Waals surface area contributed by atoms with Crippen molar-refractivity contribution in [2.24, 2.45) is 12.5 Å². The van der Waals surface area contributed by atoms with Crippen LogP contribution in [0.2, 0.25) is 0 Å². The van der Waals surface area contributed by atoms with Crippen LogP contribution in [0.5, 0.6) is 11.5 Å². The molecule has 0 radical (unpaired) electrons. The number of alkyl halides is 3. The number of carbonyl (C=O) groups is 2. The van der Waals surface area contributed by atoms with E-state index in [4.69, 9.17) is 4.74 Å². The number of aryl methyl sites for hydroxylation is 1. The van der Waals surface area contributed by atoms with Gasteiger partial charge >= 0.3 is 6.18 Å². The molecule has 10 heteroatoms. The van der Waals surface area contributed by atoms with Crippen molar-refractivity contribution in [3.63, 3.8) is 0 Å². The van der Waals surface area contributed by atoms with E-state index in [0.29, 0.717) is 11.5 Å². The van der Waals surface area contributed by atoms with Gasteiger partial charge in [-0.25, -0.2) is 4.68 Å². The zero-order valence-electron chi connectivity index (χ0n) is 23.7. The smallest absolute Gasteiger partial charge is 0.411 e. The number of nitrogens with zero attached hydrogens (tertiary/aromatic N) is 3. The maximum atomic E-state index is 15.6. The van der Waals surface area contributed by atoms with Gasteiger partial charge in [-0.15, -0.1) is 0 Å². The average molecular weight is 588 g/mol. The number of halogens is 3. The summed E-state index contributed by atoms with van der Waals surface area (Å²) in [6.45, 7) is 3.55. The molecule has 0 saturated carbocycles. The van der Waals surface area contributed by atoms with E-state index < -0.39 is 45.4 Å². The fourth-order valence-electron chi connectivity index (χ4n) is 6.21. The number of anilines is 1. The van der Waals surface area contributed by atoms with Gasteiger partial charge in [0, 0.05) is 36.6 Å². The summed E-state index contributed by atoms with van der Waals surface area (Å²) in [5.74, 6) is -1.14. The number of allylic oxidation sites excluding steroid dienone is 1. The monoisotopic (exact) mass is 587 g/mol. The van der Waals surface area contributed by atoms with E-state index >= 15 is 13.2 Å². The molecule has 1 aliphatic heterocycles. The molecule has 0 saturated heterocycles. The normalized spacial score (nSPS) is 20.0. The quantitative estimate of drug-likeness (QED) is 0.269. The zero-order chi connectivity index (χ0) is 30.7. The third-order valence-electron chi connectivity index (χ3n) is 7.98. The number of hydrogen-bond donors (Lipinski definition) is 0. The van der Waals surface area contributed by atoms with Crippen molar-refractivity contribution in [1.82, 2.24) is 9.36 Å². The third-order valence-corrected chi connectivity index (χ3v) is 7.98. The van der Waals surface area contributed by atoms with Crippen molar-refractivity contribution in [2.75, 3.05) is 4.90 Å². The molecule has 1 atom stereocenters. The molecule has 7 nitrogen and oxygen atoms in total. The van der Waals surface area contributed by atoms with Gasteiger partial charge < -0.3 is 4.74 Å². The number of aromatic nitrogens is 2. The number of Topliss-reactive ketones (excluding diaryl/α,β-unsaturated/α-hetero) is 1. The lowest BCUT2D eigenvalue weighted by Crippen LogP contribution is -2.55. The van der Waals surface area contributed by atoms with Gasteiger partial charge in [0.15, 0.2) is 5.78 Å². The fourth-order valence-corrected chi connectivity index (χ4v) is 6.21. The Morgan fingerprint density at radius 3 is 1.95 bits per heavy atom. The first kappa shape index (κ1) is 28.3. The molecule has 1 aliphatic carbocycles. The van der Waals surface area contributed by atoms with Gasteiger partial charge in [-0.3, -0.25) is 24.0 Å². The predicted molar refractivity (Wildman–Crippen MR) is 154 cm³/mol. The topological polar surface area (TPSA) is 73.5 Å². The van der Waals surface area contributed by atoms with Crippen molar-refractivity contribution in [1.29, 1.82) is 0 Å². The molecular formula is C33H28F3N3O4. The Bertz CT molecular complexity index is 1820. The molecule has 0 fully saturated rings. The Balaban J connectivity index is 1.53. The Morgan fingerprint density at radius 1 is 0.767 bits per heavy atom. The molecule has 0 spiro atoms. The summed E-state index contributed by atoms with van der Waals surface area (Å²) in [5, 5.41) is 0. The van der Waals surface area contributed by atoms with Crippen LogP contribution >= 0.6 is 0 Å². The minimum atomic E-state index is -5.29. The van der Waals surface area contributed by atoms with Gasteiger partial charge in [0.2, 0.25) is 5.41 Å². The molecule has 6 rings (SSSR count). The summed E-state index contributed by atoms with van der Waals surface area (Å²) >= 11 is 0. The summed E-state index contributed by atoms with van der Waals surface area (Å²) in [7, 11) is 1.42. The Hall–Kier alpha value is -4.86. The average Bonchev–Trinajstić information content (AvgIpc) is 3.39. The number of para-hydroxylation sites is 2. The van der Waals surface area contributed by atoms with Crippen LogP contribution in [0.4, 0.5) is 18.9 Å². The summed E-state index contributed by atoms with van der Waals surface area (Å²) in [5.41, 5.74) is -6.27. The number of ether oxygens (including phenoxy) is 1. The summed E-state index contributed by atoms with van der Waals surface area (Å²) in [6, 6.07) is 23.2. The molecular weight excluding hydrogens is 559 g/mol. The summed E-state index contributed by atoms with van der Waals surface area (Å²) < 4.78 is 54.7. The lowest BCUT2D eigenvalue weighted by atomic mass is 9.67. The van der Waals surface area contributed by atoms with Crippen LogP contribution in [0, 0.1) is 5.41 Å². The van der Waals surface area contributed by atoms with Gasteiger partial charge in [0.25, 0.3) is 11.5 Å². The predicted octanol–water partition coefficient (Wildman–Crippen LogP) is 6.46. The second-order valence-electron chi connectivity index (χ2n) is 11.6. The number of hydrogen-bond acceptors (Lipinski definition) is 4. The SMILES string of the molecule is Cn1cc(C2(C(F)(F)F)C(=O)N(c3ccccc3)C3=C2C(=O)CC(C)(C)C3)c(=O)n1-c1ccc(Oc2ccccc2)cc1. The van der Waals surface area contributed by atoms with E-state index in [-0.39, 0.29) is 29.9 Å². The van der Waals surface area contributed by atoms with Gasteiger partial charge in [-0.1, -0.05) is 50.2 Å². The second-order valence-corrected chi connectivity index (χ2v) is 11.6. The molecule has 220 valence electrons. The van der Waals surface area contributed by atoms with E-state index in [0.717, 1.165) is 15.8 Å². The van der Waals surface area contributed by atoms with E-state index in [1.165, 1.54) is 36.0 Å². The van der Waals surface area contributed by atoms with Crippen molar-refractivity contribution in [2.45, 2.75) is 38.3 Å². The fraction of sp³-hybridized carbons (Fsp3) is 0.242. The van der Waals surface area contributed by atoms with Crippen LogP contribution in [0.25, 0.3) is 5.69 Å². The summed E-state index contributed by atoms with van der Waals surface area (Å²) in [6.07, 6.45) is -4.43. The molecule has 1 amide bonds. The Labute approximate surface area is 245 Å².